The average molecular weight is 343 g/mol. The van der Waals surface area contributed by atoms with Crippen LogP contribution < -0.4 is 20.7 Å². The summed E-state index contributed by atoms with van der Waals surface area (Å²) in [5.41, 5.74) is 1.57. The van der Waals surface area contributed by atoms with Crippen LogP contribution in [0.5, 0.6) is 5.75 Å². The molecule has 0 aliphatic carbocycles. The number of rotatable bonds is 4. The molecule has 0 fully saturated rings. The number of carbonyl (C=O) groups excluding carboxylic acids is 2. The van der Waals surface area contributed by atoms with Crippen LogP contribution in [0.3, 0.4) is 0 Å². The fourth-order valence-corrected chi connectivity index (χ4v) is 2.47. The molecule has 0 saturated heterocycles. The minimum Gasteiger partial charge on any atom is -0.479 e. The van der Waals surface area contributed by atoms with Gasteiger partial charge in [-0.2, -0.15) is 0 Å². The molecule has 25 heavy (non-hydrogen) atoms. The minimum absolute atomic E-state index is 0.237. The van der Waals surface area contributed by atoms with Crippen LogP contribution >= 0.6 is 0 Å². The molecule has 3 N–H and O–H groups in total. The molecule has 2 aromatic carbocycles. The molecular formula is C18H18FN3O3. The topological polar surface area (TPSA) is 79.5 Å². The van der Waals surface area contributed by atoms with Crippen LogP contribution in [0.15, 0.2) is 42.5 Å². The predicted molar refractivity (Wildman–Crippen MR) is 92.3 cm³/mol. The van der Waals surface area contributed by atoms with Crippen LogP contribution in [-0.4, -0.2) is 24.6 Å². The Balaban J connectivity index is 1.54. The Bertz CT molecular complexity index is 810. The van der Waals surface area contributed by atoms with Gasteiger partial charge in [0.1, 0.15) is 11.6 Å². The van der Waals surface area contributed by atoms with Gasteiger partial charge < -0.3 is 20.7 Å². The normalized spacial score (nSPS) is 15.6. The summed E-state index contributed by atoms with van der Waals surface area (Å²) >= 11 is 0. The highest BCUT2D eigenvalue weighted by Crippen LogP contribution is 2.32. The molecule has 0 aromatic heterocycles. The summed E-state index contributed by atoms with van der Waals surface area (Å²) in [6.07, 6.45) is -0.153. The van der Waals surface area contributed by atoms with E-state index in [1.54, 1.807) is 43.3 Å². The average Bonchev–Trinajstić information content (AvgIpc) is 2.58. The molecule has 3 amide bonds. The van der Waals surface area contributed by atoms with Gasteiger partial charge in [0.2, 0.25) is 0 Å². The summed E-state index contributed by atoms with van der Waals surface area (Å²) < 4.78 is 19.0. The first-order valence-corrected chi connectivity index (χ1v) is 7.93. The van der Waals surface area contributed by atoms with Crippen molar-refractivity contribution in [1.82, 2.24) is 5.32 Å². The molecule has 0 bridgehead atoms. The Kier molecular flexibility index (Phi) is 4.83. The fraction of sp³-hybridized carbons (Fsp3) is 0.222. The van der Waals surface area contributed by atoms with Crippen LogP contribution in [-0.2, 0) is 11.2 Å². The molecule has 1 atom stereocenters. The number of fused-ring (bicyclic) bond motifs is 1. The lowest BCUT2D eigenvalue weighted by Crippen LogP contribution is -2.34. The van der Waals surface area contributed by atoms with Gasteiger partial charge in [-0.3, -0.25) is 4.79 Å². The summed E-state index contributed by atoms with van der Waals surface area (Å²) in [5, 5.41) is 8.05. The molecule has 0 spiro atoms. The van der Waals surface area contributed by atoms with Crippen LogP contribution in [0.1, 0.15) is 12.5 Å². The van der Waals surface area contributed by atoms with Gasteiger partial charge in [0.15, 0.2) is 6.10 Å². The lowest BCUT2D eigenvalue weighted by atomic mass is 10.1. The molecule has 1 heterocycles. The Morgan fingerprint density at radius 3 is 2.88 bits per heavy atom. The largest absolute Gasteiger partial charge is 0.479 e. The minimum atomic E-state index is -0.548. The summed E-state index contributed by atoms with van der Waals surface area (Å²) in [6.45, 7) is 1.96. The molecule has 1 aliphatic rings. The second-order valence-corrected chi connectivity index (χ2v) is 5.68. The second kappa shape index (κ2) is 7.21. The van der Waals surface area contributed by atoms with E-state index in [4.69, 9.17) is 4.74 Å². The highest BCUT2D eigenvalue weighted by molar-refractivity contribution is 5.99. The van der Waals surface area contributed by atoms with E-state index < -0.39 is 12.1 Å². The monoisotopic (exact) mass is 343 g/mol. The lowest BCUT2D eigenvalue weighted by molar-refractivity contribution is -0.122. The summed E-state index contributed by atoms with van der Waals surface area (Å²) in [5.74, 6) is 0.0287. The van der Waals surface area contributed by atoms with E-state index in [0.29, 0.717) is 35.7 Å². The van der Waals surface area contributed by atoms with Crippen molar-refractivity contribution in [1.29, 1.82) is 0 Å². The van der Waals surface area contributed by atoms with Crippen molar-refractivity contribution < 1.29 is 18.7 Å². The Labute approximate surface area is 144 Å². The number of hydrogen-bond acceptors (Lipinski definition) is 3. The van der Waals surface area contributed by atoms with E-state index in [1.807, 2.05) is 0 Å². The highest BCUT2D eigenvalue weighted by Gasteiger charge is 2.23. The van der Waals surface area contributed by atoms with E-state index in [1.165, 1.54) is 6.07 Å². The molecule has 130 valence electrons. The second-order valence-electron chi connectivity index (χ2n) is 5.68. The van der Waals surface area contributed by atoms with Crippen LogP contribution in [0, 0.1) is 5.82 Å². The van der Waals surface area contributed by atoms with Crippen molar-refractivity contribution in [3.8, 4) is 5.75 Å². The van der Waals surface area contributed by atoms with E-state index in [9.17, 15) is 14.0 Å². The number of amides is 3. The number of benzene rings is 2. The van der Waals surface area contributed by atoms with Crippen molar-refractivity contribution in [3.63, 3.8) is 0 Å². The van der Waals surface area contributed by atoms with Gasteiger partial charge in [0.25, 0.3) is 5.91 Å². The van der Waals surface area contributed by atoms with Crippen molar-refractivity contribution in [2.75, 3.05) is 17.2 Å². The molecule has 7 heteroatoms. The maximum absolute atomic E-state index is 13.5. The Morgan fingerprint density at radius 1 is 1.28 bits per heavy atom. The van der Waals surface area contributed by atoms with Crippen LogP contribution in [0.25, 0.3) is 0 Å². The standard InChI is InChI=1S/C18H18FN3O3/c1-11-17(23)22-15-10-13(6-7-16(15)25-11)21-18(24)20-9-8-12-4-2-3-5-14(12)19/h2-7,10-11H,8-9H2,1H3,(H,22,23)(H2,20,21,24)/t11-/m1/s1. The van der Waals surface area contributed by atoms with Crippen molar-refractivity contribution >= 4 is 23.3 Å². The number of ether oxygens (including phenoxy) is 1. The van der Waals surface area contributed by atoms with Gasteiger partial charge in [0, 0.05) is 12.2 Å². The van der Waals surface area contributed by atoms with Gasteiger partial charge in [-0.25, -0.2) is 9.18 Å². The maximum Gasteiger partial charge on any atom is 0.319 e. The van der Waals surface area contributed by atoms with E-state index in [-0.39, 0.29) is 11.7 Å². The third-order valence-corrected chi connectivity index (χ3v) is 3.81. The summed E-state index contributed by atoms with van der Waals surface area (Å²) in [7, 11) is 0. The summed E-state index contributed by atoms with van der Waals surface area (Å²) in [6, 6.07) is 11.0. The van der Waals surface area contributed by atoms with Gasteiger partial charge in [-0.15, -0.1) is 0 Å². The smallest absolute Gasteiger partial charge is 0.319 e. The van der Waals surface area contributed by atoms with Crippen LogP contribution in [0.4, 0.5) is 20.6 Å². The van der Waals surface area contributed by atoms with E-state index >= 15 is 0 Å². The van der Waals surface area contributed by atoms with Crippen molar-refractivity contribution in [2.24, 2.45) is 0 Å². The third kappa shape index (κ3) is 4.06. The van der Waals surface area contributed by atoms with E-state index in [2.05, 4.69) is 16.0 Å². The Hall–Kier alpha value is -3.09. The van der Waals surface area contributed by atoms with Gasteiger partial charge in [-0.05, 0) is 43.2 Å². The fourth-order valence-electron chi connectivity index (χ4n) is 2.47. The third-order valence-electron chi connectivity index (χ3n) is 3.81. The number of hydrogen-bond donors (Lipinski definition) is 3. The highest BCUT2D eigenvalue weighted by atomic mass is 19.1. The van der Waals surface area contributed by atoms with Gasteiger partial charge >= 0.3 is 6.03 Å². The zero-order valence-electron chi connectivity index (χ0n) is 13.6. The first-order chi connectivity index (χ1) is 12.0. The number of urea groups is 1. The molecule has 0 radical (unpaired) electrons. The SMILES string of the molecule is C[C@H]1Oc2ccc(NC(=O)NCCc3ccccc3F)cc2NC1=O. The lowest BCUT2D eigenvalue weighted by Gasteiger charge is -2.23. The molecule has 6 nitrogen and oxygen atoms in total. The number of nitrogens with one attached hydrogen (secondary N) is 3. The molecule has 0 saturated carbocycles. The Morgan fingerprint density at radius 2 is 2.08 bits per heavy atom. The quantitative estimate of drug-likeness (QED) is 0.799. The van der Waals surface area contributed by atoms with E-state index in [0.717, 1.165) is 0 Å². The van der Waals surface area contributed by atoms with Crippen molar-refractivity contribution in [3.05, 3.63) is 53.8 Å². The molecule has 3 rings (SSSR count). The first kappa shape index (κ1) is 16.8. The molecular weight excluding hydrogens is 325 g/mol. The number of carbonyl (C=O) groups is 2. The van der Waals surface area contributed by atoms with Crippen molar-refractivity contribution in [2.45, 2.75) is 19.4 Å². The molecule has 2 aromatic rings. The zero-order chi connectivity index (χ0) is 17.8. The molecule has 0 unspecified atom stereocenters. The molecule has 1 aliphatic heterocycles. The summed E-state index contributed by atoms with van der Waals surface area (Å²) in [4.78, 5) is 23.6. The maximum atomic E-state index is 13.5. The van der Waals surface area contributed by atoms with Gasteiger partial charge in [-0.1, -0.05) is 18.2 Å². The first-order valence-electron chi connectivity index (χ1n) is 7.93. The van der Waals surface area contributed by atoms with Crippen LogP contribution in [0.2, 0.25) is 0 Å². The zero-order valence-corrected chi connectivity index (χ0v) is 13.6. The van der Waals surface area contributed by atoms with Gasteiger partial charge in [0.05, 0.1) is 5.69 Å². The number of halogens is 1. The number of anilines is 2. The predicted octanol–water partition coefficient (Wildman–Crippen LogP) is 2.91.